The fourth-order valence-electron chi connectivity index (χ4n) is 6.28. The second-order valence-corrected chi connectivity index (χ2v) is 9.02. The molecule has 0 saturated heterocycles. The van der Waals surface area contributed by atoms with Crippen molar-refractivity contribution in [3.63, 3.8) is 0 Å². The number of carbonyl (C=O) groups is 1. The largest absolute Gasteiger partial charge is 0.479 e. The van der Waals surface area contributed by atoms with E-state index in [1.165, 1.54) is 23.8 Å². The first kappa shape index (κ1) is 17.7. The molecule has 6 rings (SSSR count). The number of aromatic amines is 1. The summed E-state index contributed by atoms with van der Waals surface area (Å²) in [5, 5.41) is 8.92. The standard InChI is InChI=1S/C20H26N4O4/c1-2-3-24-17(27)15-16(23-19(24)28-10-14(25)26)22-18(21-15)20-7-11-4-12(8-20)6-13(5-11)9-20/h11-13H,2-10H2,1H3,(H,21,22)(H,25,26). The molecule has 4 aliphatic carbocycles. The molecule has 0 radical (unpaired) electrons. The lowest BCUT2D eigenvalue weighted by Gasteiger charge is -2.55. The van der Waals surface area contributed by atoms with Crippen LogP contribution in [0.15, 0.2) is 4.79 Å². The number of imidazole rings is 1. The fourth-order valence-corrected chi connectivity index (χ4v) is 6.28. The number of hydrogen-bond donors (Lipinski definition) is 2. The molecule has 2 N–H and O–H groups in total. The molecule has 0 amide bonds. The van der Waals surface area contributed by atoms with E-state index in [4.69, 9.17) is 14.8 Å². The summed E-state index contributed by atoms with van der Waals surface area (Å²) in [7, 11) is 0. The van der Waals surface area contributed by atoms with Crippen LogP contribution in [0.3, 0.4) is 0 Å². The van der Waals surface area contributed by atoms with Gasteiger partial charge in [0.15, 0.2) is 17.8 Å². The van der Waals surface area contributed by atoms with E-state index in [0.717, 1.165) is 42.8 Å². The molecule has 8 heteroatoms. The van der Waals surface area contributed by atoms with E-state index < -0.39 is 12.6 Å². The first-order chi connectivity index (χ1) is 13.5. The average molecular weight is 386 g/mol. The van der Waals surface area contributed by atoms with Crippen molar-refractivity contribution in [1.29, 1.82) is 0 Å². The molecule has 0 unspecified atom stereocenters. The Kier molecular flexibility index (Phi) is 4.00. The Bertz CT molecular complexity index is 957. The quantitative estimate of drug-likeness (QED) is 0.789. The second-order valence-electron chi connectivity index (χ2n) is 9.02. The van der Waals surface area contributed by atoms with Gasteiger partial charge in [0.05, 0.1) is 0 Å². The Morgan fingerprint density at radius 3 is 2.43 bits per heavy atom. The summed E-state index contributed by atoms with van der Waals surface area (Å²) in [6, 6.07) is 0.0327. The molecular formula is C20H26N4O4. The van der Waals surface area contributed by atoms with Crippen molar-refractivity contribution >= 4 is 17.1 Å². The third-order valence-electron chi connectivity index (χ3n) is 6.89. The summed E-state index contributed by atoms with van der Waals surface area (Å²) in [4.78, 5) is 36.4. The monoisotopic (exact) mass is 386 g/mol. The highest BCUT2D eigenvalue weighted by Crippen LogP contribution is 2.60. The van der Waals surface area contributed by atoms with Crippen LogP contribution >= 0.6 is 0 Å². The van der Waals surface area contributed by atoms with E-state index in [0.29, 0.717) is 24.1 Å². The predicted octanol–water partition coefficient (Wildman–Crippen LogP) is 2.46. The molecule has 150 valence electrons. The van der Waals surface area contributed by atoms with Gasteiger partial charge in [0.25, 0.3) is 5.56 Å². The third-order valence-corrected chi connectivity index (χ3v) is 6.89. The summed E-state index contributed by atoms with van der Waals surface area (Å²) in [6.45, 7) is 1.84. The number of H-pyrrole nitrogens is 1. The van der Waals surface area contributed by atoms with Crippen molar-refractivity contribution < 1.29 is 14.6 Å². The van der Waals surface area contributed by atoms with Crippen molar-refractivity contribution in [3.8, 4) is 6.01 Å². The van der Waals surface area contributed by atoms with Gasteiger partial charge in [0, 0.05) is 12.0 Å². The summed E-state index contributed by atoms with van der Waals surface area (Å²) in [5.41, 5.74) is 0.542. The molecule has 8 nitrogen and oxygen atoms in total. The molecule has 4 fully saturated rings. The zero-order valence-electron chi connectivity index (χ0n) is 16.1. The van der Waals surface area contributed by atoms with Gasteiger partial charge in [-0.3, -0.25) is 9.36 Å². The highest BCUT2D eigenvalue weighted by Gasteiger charge is 2.53. The Morgan fingerprint density at radius 2 is 1.86 bits per heavy atom. The zero-order chi connectivity index (χ0) is 19.5. The number of aromatic nitrogens is 4. The van der Waals surface area contributed by atoms with Crippen LogP contribution in [0.2, 0.25) is 0 Å². The van der Waals surface area contributed by atoms with Crippen LogP contribution in [-0.4, -0.2) is 37.2 Å². The van der Waals surface area contributed by atoms with Gasteiger partial charge < -0.3 is 14.8 Å². The van der Waals surface area contributed by atoms with Crippen molar-refractivity contribution in [2.24, 2.45) is 17.8 Å². The predicted molar refractivity (Wildman–Crippen MR) is 101 cm³/mol. The smallest absolute Gasteiger partial charge is 0.341 e. The van der Waals surface area contributed by atoms with Crippen LogP contribution in [0, 0.1) is 17.8 Å². The molecule has 0 atom stereocenters. The van der Waals surface area contributed by atoms with Gasteiger partial charge in [-0.15, -0.1) is 0 Å². The van der Waals surface area contributed by atoms with E-state index in [-0.39, 0.29) is 17.0 Å². The minimum Gasteiger partial charge on any atom is -0.479 e. The number of carboxylic acids is 1. The SMILES string of the molecule is CCCn1c(OCC(=O)O)nc2nc(C34CC5CC(CC(C5)C3)C4)[nH]c2c1=O. The Hall–Kier alpha value is -2.38. The third kappa shape index (κ3) is 2.72. The second kappa shape index (κ2) is 6.32. The lowest BCUT2D eigenvalue weighted by Crippen LogP contribution is -2.49. The molecule has 2 heterocycles. The van der Waals surface area contributed by atoms with Crippen molar-refractivity contribution in [2.45, 2.75) is 63.8 Å². The molecule has 28 heavy (non-hydrogen) atoms. The van der Waals surface area contributed by atoms with Gasteiger partial charge in [-0.1, -0.05) is 6.92 Å². The molecule has 2 aromatic heterocycles. The van der Waals surface area contributed by atoms with Crippen LogP contribution in [0.25, 0.3) is 11.2 Å². The lowest BCUT2D eigenvalue weighted by molar-refractivity contribution is -0.139. The number of nitrogens with one attached hydrogen (secondary N) is 1. The Labute approximate surface area is 162 Å². The molecule has 2 aromatic rings. The van der Waals surface area contributed by atoms with E-state index in [1.54, 1.807) is 0 Å². The van der Waals surface area contributed by atoms with Gasteiger partial charge in [0.1, 0.15) is 5.82 Å². The first-order valence-electron chi connectivity index (χ1n) is 10.3. The summed E-state index contributed by atoms with van der Waals surface area (Å²) in [5.74, 6) is 2.12. The lowest BCUT2D eigenvalue weighted by atomic mass is 9.49. The van der Waals surface area contributed by atoms with Crippen LogP contribution in [-0.2, 0) is 16.8 Å². The summed E-state index contributed by atoms with van der Waals surface area (Å²) < 4.78 is 6.71. The van der Waals surface area contributed by atoms with E-state index in [1.807, 2.05) is 6.92 Å². The topological polar surface area (TPSA) is 110 Å². The van der Waals surface area contributed by atoms with Crippen molar-refractivity contribution in [2.75, 3.05) is 6.61 Å². The highest BCUT2D eigenvalue weighted by atomic mass is 16.5. The average Bonchev–Trinajstić information content (AvgIpc) is 3.07. The van der Waals surface area contributed by atoms with E-state index in [2.05, 4.69) is 9.97 Å². The van der Waals surface area contributed by atoms with Gasteiger partial charge in [-0.25, -0.2) is 9.78 Å². The number of hydrogen-bond acceptors (Lipinski definition) is 5. The molecular weight excluding hydrogens is 360 g/mol. The van der Waals surface area contributed by atoms with Gasteiger partial charge in [-0.2, -0.15) is 4.98 Å². The van der Waals surface area contributed by atoms with E-state index >= 15 is 0 Å². The van der Waals surface area contributed by atoms with E-state index in [9.17, 15) is 9.59 Å². The summed E-state index contributed by atoms with van der Waals surface area (Å²) >= 11 is 0. The zero-order valence-corrected chi connectivity index (χ0v) is 16.1. The van der Waals surface area contributed by atoms with Crippen LogP contribution < -0.4 is 10.3 Å². The number of ether oxygens (including phenoxy) is 1. The molecule has 4 aliphatic rings. The number of nitrogens with zero attached hydrogens (tertiary/aromatic N) is 3. The van der Waals surface area contributed by atoms with Gasteiger partial charge in [0.2, 0.25) is 0 Å². The first-order valence-corrected chi connectivity index (χ1v) is 10.3. The van der Waals surface area contributed by atoms with Gasteiger partial charge in [-0.05, 0) is 62.7 Å². The molecule has 0 aliphatic heterocycles. The number of aliphatic carboxylic acids is 1. The Morgan fingerprint density at radius 1 is 1.21 bits per heavy atom. The van der Waals surface area contributed by atoms with Gasteiger partial charge >= 0.3 is 12.0 Å². The maximum absolute atomic E-state index is 13.0. The normalized spacial score (nSPS) is 30.8. The number of fused-ring (bicyclic) bond motifs is 1. The molecule has 0 aromatic carbocycles. The number of rotatable bonds is 6. The molecule has 4 saturated carbocycles. The maximum atomic E-state index is 13.0. The maximum Gasteiger partial charge on any atom is 0.341 e. The van der Waals surface area contributed by atoms with Crippen LogP contribution in [0.5, 0.6) is 6.01 Å². The Balaban J connectivity index is 1.58. The van der Waals surface area contributed by atoms with Crippen molar-refractivity contribution in [1.82, 2.24) is 19.5 Å². The molecule has 0 spiro atoms. The highest BCUT2D eigenvalue weighted by molar-refractivity contribution is 5.71. The number of carboxylic acid groups (broad SMARTS) is 1. The fraction of sp³-hybridized carbons (Fsp3) is 0.700. The van der Waals surface area contributed by atoms with Crippen molar-refractivity contribution in [3.05, 3.63) is 16.2 Å². The minimum atomic E-state index is -1.10. The van der Waals surface area contributed by atoms with Crippen LogP contribution in [0.4, 0.5) is 0 Å². The molecule has 4 bridgehead atoms. The van der Waals surface area contributed by atoms with Crippen LogP contribution in [0.1, 0.15) is 57.7 Å². The minimum absolute atomic E-state index is 0.0327. The summed E-state index contributed by atoms with van der Waals surface area (Å²) in [6.07, 6.45) is 8.17.